The summed E-state index contributed by atoms with van der Waals surface area (Å²) in [7, 11) is 0. The molecule has 3 saturated carbocycles. The maximum absolute atomic E-state index is 14.5. The van der Waals surface area contributed by atoms with Crippen molar-refractivity contribution < 1.29 is 18.8 Å². The van der Waals surface area contributed by atoms with Gasteiger partial charge in [0.25, 0.3) is 0 Å². The summed E-state index contributed by atoms with van der Waals surface area (Å²) in [5.74, 6) is 0.410. The Hall–Kier alpha value is -1.23. The molecular formula is C23H29FO3S. The second kappa shape index (κ2) is 6.38. The van der Waals surface area contributed by atoms with Crippen LogP contribution in [0.25, 0.3) is 0 Å². The molecular weight excluding hydrogens is 375 g/mol. The molecule has 0 aromatic rings. The van der Waals surface area contributed by atoms with Gasteiger partial charge in [0.1, 0.15) is 0 Å². The highest BCUT2D eigenvalue weighted by atomic mass is 32.2. The molecule has 0 bridgehead atoms. The summed E-state index contributed by atoms with van der Waals surface area (Å²) in [5, 5.41) is -0.0828. The van der Waals surface area contributed by atoms with Gasteiger partial charge < -0.3 is 0 Å². The molecule has 0 spiro atoms. The number of thioether (sulfide) groups is 1. The lowest BCUT2D eigenvalue weighted by atomic mass is 9.44. The molecule has 0 unspecified atom stereocenters. The first-order chi connectivity index (χ1) is 13.0. The van der Waals surface area contributed by atoms with E-state index in [1.54, 1.807) is 0 Å². The standard InChI is InChI=1S/C23H29FO3S/c1-11-12(2)19-20(28-13(3)25)17(26)7-9-22(19,4)14-6-8-23(5)15(18(11)14)10-16(24)21(23)27/h11,14-16,18H,2,6-10H2,1,3-5H3/t11-,14+,15+,16-,18-,22-,23+/m1/s1. The van der Waals surface area contributed by atoms with Gasteiger partial charge in [-0.15, -0.1) is 0 Å². The van der Waals surface area contributed by atoms with Crippen molar-refractivity contribution in [3.05, 3.63) is 22.6 Å². The number of carbonyl (C=O) groups is 3. The second-order valence-electron chi connectivity index (χ2n) is 9.77. The van der Waals surface area contributed by atoms with E-state index in [1.165, 1.54) is 6.92 Å². The number of fused-ring (bicyclic) bond motifs is 5. The summed E-state index contributed by atoms with van der Waals surface area (Å²) < 4.78 is 14.5. The van der Waals surface area contributed by atoms with Crippen LogP contribution in [0.4, 0.5) is 4.39 Å². The fraction of sp³-hybridized carbons (Fsp3) is 0.696. The van der Waals surface area contributed by atoms with E-state index >= 15 is 0 Å². The lowest BCUT2D eigenvalue weighted by molar-refractivity contribution is -0.135. The Morgan fingerprint density at radius 2 is 1.86 bits per heavy atom. The quantitative estimate of drug-likeness (QED) is 0.613. The molecule has 4 rings (SSSR count). The van der Waals surface area contributed by atoms with E-state index in [1.807, 2.05) is 6.92 Å². The highest BCUT2D eigenvalue weighted by molar-refractivity contribution is 8.17. The highest BCUT2D eigenvalue weighted by Crippen LogP contribution is 2.68. The third kappa shape index (κ3) is 2.50. The Bertz CT molecular complexity index is 830. The molecule has 3 nitrogen and oxygen atoms in total. The number of ketones is 2. The molecule has 5 heteroatoms. The van der Waals surface area contributed by atoms with Gasteiger partial charge in [0, 0.05) is 18.8 Å². The number of halogens is 1. The molecule has 7 atom stereocenters. The zero-order valence-electron chi connectivity index (χ0n) is 17.1. The van der Waals surface area contributed by atoms with Crippen molar-refractivity contribution in [3.63, 3.8) is 0 Å². The fourth-order valence-corrected chi connectivity index (χ4v) is 7.96. The van der Waals surface area contributed by atoms with Gasteiger partial charge in [-0.2, -0.15) is 0 Å². The van der Waals surface area contributed by atoms with Crippen molar-refractivity contribution in [2.45, 2.75) is 66.0 Å². The van der Waals surface area contributed by atoms with Crippen LogP contribution in [0.2, 0.25) is 0 Å². The van der Waals surface area contributed by atoms with E-state index in [9.17, 15) is 18.8 Å². The average Bonchev–Trinajstić information content (AvgIpc) is 2.85. The Balaban J connectivity index is 1.84. The van der Waals surface area contributed by atoms with Crippen molar-refractivity contribution in [3.8, 4) is 0 Å². The summed E-state index contributed by atoms with van der Waals surface area (Å²) in [5.41, 5.74) is 1.08. The van der Waals surface area contributed by atoms with Gasteiger partial charge in [-0.1, -0.05) is 27.4 Å². The number of alkyl halides is 1. The highest BCUT2D eigenvalue weighted by Gasteiger charge is 2.64. The van der Waals surface area contributed by atoms with Crippen LogP contribution in [0.1, 0.15) is 59.8 Å². The Kier molecular flexibility index (Phi) is 4.57. The van der Waals surface area contributed by atoms with Crippen LogP contribution < -0.4 is 0 Å². The molecule has 3 fully saturated rings. The van der Waals surface area contributed by atoms with Crippen molar-refractivity contribution in [2.75, 3.05) is 0 Å². The molecule has 152 valence electrons. The maximum Gasteiger partial charge on any atom is 0.190 e. The summed E-state index contributed by atoms with van der Waals surface area (Å²) in [6.07, 6.45) is 1.72. The van der Waals surface area contributed by atoms with Crippen LogP contribution >= 0.6 is 11.8 Å². The molecule has 28 heavy (non-hydrogen) atoms. The predicted molar refractivity (Wildman–Crippen MR) is 108 cm³/mol. The number of allylic oxidation sites excluding steroid dienone is 2. The van der Waals surface area contributed by atoms with Crippen LogP contribution in [0.3, 0.4) is 0 Å². The van der Waals surface area contributed by atoms with Crippen molar-refractivity contribution in [1.82, 2.24) is 0 Å². The van der Waals surface area contributed by atoms with Crippen LogP contribution in [0.5, 0.6) is 0 Å². The summed E-state index contributed by atoms with van der Waals surface area (Å²) in [6.45, 7) is 12.1. The van der Waals surface area contributed by atoms with Crippen molar-refractivity contribution >= 4 is 28.4 Å². The van der Waals surface area contributed by atoms with Gasteiger partial charge in [-0.05, 0) is 77.7 Å². The molecule has 0 radical (unpaired) electrons. The number of Topliss-reactive ketones (excluding diaryl/α,β-unsaturated/α-hetero) is 2. The van der Waals surface area contributed by atoms with E-state index in [-0.39, 0.29) is 45.8 Å². The molecule has 0 saturated heterocycles. The summed E-state index contributed by atoms with van der Waals surface area (Å²) >= 11 is 1.05. The summed E-state index contributed by atoms with van der Waals surface area (Å²) in [4.78, 5) is 37.7. The first kappa shape index (κ1) is 20.1. The molecule has 4 aliphatic rings. The normalized spacial score (nSPS) is 45.6. The number of carbonyl (C=O) groups excluding carboxylic acids is 3. The lowest BCUT2D eigenvalue weighted by Crippen LogP contribution is -2.54. The van der Waals surface area contributed by atoms with Gasteiger partial charge in [-0.3, -0.25) is 14.4 Å². The largest absolute Gasteiger partial charge is 0.296 e. The van der Waals surface area contributed by atoms with Gasteiger partial charge in [0.15, 0.2) is 22.9 Å². The van der Waals surface area contributed by atoms with Crippen molar-refractivity contribution in [2.24, 2.45) is 34.5 Å². The number of rotatable bonds is 1. The van der Waals surface area contributed by atoms with E-state index in [4.69, 9.17) is 0 Å². The lowest BCUT2D eigenvalue weighted by Gasteiger charge is -2.60. The molecule has 0 N–H and O–H groups in total. The summed E-state index contributed by atoms with van der Waals surface area (Å²) in [6, 6.07) is 0. The first-order valence-electron chi connectivity index (χ1n) is 10.4. The average molecular weight is 405 g/mol. The third-order valence-corrected chi connectivity index (χ3v) is 9.39. The van der Waals surface area contributed by atoms with E-state index in [2.05, 4.69) is 20.4 Å². The molecule has 0 aliphatic heterocycles. The molecule has 0 amide bonds. The maximum atomic E-state index is 14.5. The molecule has 0 heterocycles. The monoisotopic (exact) mass is 404 g/mol. The Labute approximate surface area is 170 Å². The number of hydrogen-bond donors (Lipinski definition) is 0. The smallest absolute Gasteiger partial charge is 0.190 e. The van der Waals surface area contributed by atoms with Gasteiger partial charge in [-0.25, -0.2) is 4.39 Å². The zero-order valence-corrected chi connectivity index (χ0v) is 18.0. The Morgan fingerprint density at radius 3 is 2.50 bits per heavy atom. The molecule has 0 aromatic carbocycles. The SMILES string of the molecule is C=C1C2=C(SC(C)=O)C(=O)CC[C@]2(C)[C@H]2CC[C@]3(C)C(=O)[C@H](F)C[C@H]3[C@@H]2[C@@H]1C. The minimum atomic E-state index is -1.35. The van der Waals surface area contributed by atoms with Crippen LogP contribution in [-0.4, -0.2) is 22.9 Å². The van der Waals surface area contributed by atoms with E-state index < -0.39 is 11.6 Å². The minimum Gasteiger partial charge on any atom is -0.296 e. The van der Waals surface area contributed by atoms with E-state index in [0.717, 1.165) is 35.7 Å². The van der Waals surface area contributed by atoms with Gasteiger partial charge >= 0.3 is 0 Å². The van der Waals surface area contributed by atoms with Crippen LogP contribution in [0.15, 0.2) is 22.6 Å². The topological polar surface area (TPSA) is 51.2 Å². The second-order valence-corrected chi connectivity index (χ2v) is 11.0. The zero-order chi connectivity index (χ0) is 20.6. The predicted octanol–water partition coefficient (Wildman–Crippen LogP) is 5.05. The third-order valence-electron chi connectivity index (χ3n) is 8.47. The van der Waals surface area contributed by atoms with Crippen LogP contribution in [-0.2, 0) is 14.4 Å². The van der Waals surface area contributed by atoms with Crippen molar-refractivity contribution in [1.29, 1.82) is 0 Å². The number of hydrogen-bond acceptors (Lipinski definition) is 4. The van der Waals surface area contributed by atoms with Crippen LogP contribution in [0, 0.1) is 34.5 Å². The first-order valence-corrected chi connectivity index (χ1v) is 11.2. The Morgan fingerprint density at radius 1 is 1.18 bits per heavy atom. The molecule has 4 aliphatic carbocycles. The van der Waals surface area contributed by atoms with Gasteiger partial charge in [0.2, 0.25) is 0 Å². The minimum absolute atomic E-state index is 0.0282. The van der Waals surface area contributed by atoms with Gasteiger partial charge in [0.05, 0.1) is 4.91 Å². The van der Waals surface area contributed by atoms with E-state index in [0.29, 0.717) is 24.2 Å². The molecule has 0 aromatic heterocycles. The fourth-order valence-electron chi connectivity index (χ4n) is 7.00.